The van der Waals surface area contributed by atoms with E-state index in [9.17, 15) is 40.9 Å². The molecule has 4 heterocycles. The van der Waals surface area contributed by atoms with Crippen molar-refractivity contribution in [2.75, 3.05) is 5.34 Å². The van der Waals surface area contributed by atoms with Crippen LogP contribution in [0.5, 0.6) is 46.0 Å². The molecule has 0 saturated heterocycles. The number of rotatable bonds is 8. The summed E-state index contributed by atoms with van der Waals surface area (Å²) in [6.07, 6.45) is 0. The smallest absolute Gasteiger partial charge is 0.125 e. The predicted octanol–water partition coefficient (Wildman–Crippen LogP) is 25.5. The highest BCUT2D eigenvalue weighted by atomic mass is 35.5. The molecule has 16 aromatic carbocycles. The van der Waals surface area contributed by atoms with Gasteiger partial charge in [-0.15, -0.1) is 64.0 Å². The second-order valence-corrected chi connectivity index (χ2v) is 30.5. The number of phenols is 8. The molecule has 0 fully saturated rings. The normalized spacial score (nSPS) is 11.5. The van der Waals surface area contributed by atoms with Crippen molar-refractivity contribution in [1.29, 1.82) is 0 Å². The molecule has 20 aromatic rings. The Labute approximate surface area is 713 Å². The molecule has 4 aromatic heterocycles. The lowest BCUT2D eigenvalue weighted by Gasteiger charge is -2.14. The molecule has 0 atom stereocenters. The van der Waals surface area contributed by atoms with Gasteiger partial charge < -0.3 is 40.9 Å². The van der Waals surface area contributed by atoms with Crippen LogP contribution >= 0.6 is 23.2 Å². The Bertz CT molecular complexity index is 6410. The number of hydrogen-bond donors (Lipinski definition) is 8. The third-order valence-corrected chi connectivity index (χ3v) is 22.9. The monoisotopic (exact) mass is 1640 g/mol. The van der Waals surface area contributed by atoms with Crippen LogP contribution in [-0.2, 0) is 0 Å². The first-order chi connectivity index (χ1) is 60.4. The third-order valence-electron chi connectivity index (χ3n) is 22.9. The van der Waals surface area contributed by atoms with E-state index in [2.05, 4.69) is 138 Å². The number of para-hydroxylation sites is 8. The first-order valence-electron chi connectivity index (χ1n) is 39.5. The zero-order chi connectivity index (χ0) is 83.7. The van der Waals surface area contributed by atoms with Crippen molar-refractivity contribution in [2.45, 2.75) is 0 Å². The van der Waals surface area contributed by atoms with Crippen LogP contribution in [0, 0.1) is 0 Å². The van der Waals surface area contributed by atoms with Crippen molar-refractivity contribution >= 4 is 66.3 Å². The molecule has 18 heteroatoms. The Hall–Kier alpha value is -16.1. The topological polar surface area (TPSA) is 265 Å². The summed E-state index contributed by atoms with van der Waals surface area (Å²) in [6.45, 7) is 0. The van der Waals surface area contributed by atoms with E-state index in [0.717, 1.165) is 132 Å². The molecule has 24 rings (SSSR count). The van der Waals surface area contributed by atoms with Crippen molar-refractivity contribution in [3.05, 3.63) is 340 Å². The zero-order valence-corrected chi connectivity index (χ0v) is 66.5. The van der Waals surface area contributed by atoms with Crippen molar-refractivity contribution < 1.29 is 40.9 Å². The van der Waals surface area contributed by atoms with Crippen LogP contribution in [0.4, 0.5) is 0 Å². The van der Waals surface area contributed by atoms with E-state index < -0.39 is 0 Å². The number of aromatic hydroxyl groups is 8. The molecule has 8 N–H and O–H groups in total. The molecule has 0 bridgehead atoms. The van der Waals surface area contributed by atoms with Gasteiger partial charge in [0, 0.05) is 89.0 Å². The van der Waals surface area contributed by atoms with Crippen molar-refractivity contribution in [1.82, 2.24) is 40.8 Å². The molecule has 0 spiro atoms. The highest BCUT2D eigenvalue weighted by molar-refractivity contribution is 6.40. The van der Waals surface area contributed by atoms with E-state index >= 15 is 0 Å². The van der Waals surface area contributed by atoms with Crippen molar-refractivity contribution in [3.63, 3.8) is 0 Å². The van der Waals surface area contributed by atoms with Crippen LogP contribution in [0.25, 0.3) is 222 Å². The lowest BCUT2D eigenvalue weighted by molar-refractivity contribution is 0.476. The number of nitrogens with zero attached hydrogens (tertiary/aromatic N) is 8. The molecule has 4 aliphatic carbocycles. The van der Waals surface area contributed by atoms with E-state index in [4.69, 9.17) is 23.2 Å². The summed E-state index contributed by atoms with van der Waals surface area (Å²) in [5.74, 6) is 1.28. The molecule has 16 nitrogen and oxygen atoms in total. The van der Waals surface area contributed by atoms with Gasteiger partial charge in [0.1, 0.15) is 91.5 Å². The molecular weight excluding hydrogens is 1570 g/mol. The lowest BCUT2D eigenvalue weighted by atomic mass is 9.94. The van der Waals surface area contributed by atoms with Gasteiger partial charge in [0.25, 0.3) is 0 Å². The highest BCUT2D eigenvalue weighted by Gasteiger charge is 2.36. The summed E-state index contributed by atoms with van der Waals surface area (Å²) >= 11 is 9.53. The maximum Gasteiger partial charge on any atom is 0.125 e. The van der Waals surface area contributed by atoms with Gasteiger partial charge in [0.2, 0.25) is 0 Å². The Balaban J connectivity index is 0.000000103. The highest BCUT2D eigenvalue weighted by Crippen LogP contribution is 2.60. The molecule has 588 valence electrons. The lowest BCUT2D eigenvalue weighted by Crippen LogP contribution is -1.98. The first kappa shape index (κ1) is 75.6. The summed E-state index contributed by atoms with van der Waals surface area (Å²) in [5, 5.41) is 130. The van der Waals surface area contributed by atoms with Gasteiger partial charge in [-0.2, -0.15) is 0 Å². The van der Waals surface area contributed by atoms with Crippen LogP contribution in [0.1, 0.15) is 0 Å². The summed E-state index contributed by atoms with van der Waals surface area (Å²) < 4.78 is 0. The van der Waals surface area contributed by atoms with Crippen LogP contribution in [0.2, 0.25) is 0 Å². The van der Waals surface area contributed by atoms with Crippen LogP contribution in [0.15, 0.2) is 340 Å². The number of alkyl halides is 2. The Morgan fingerprint density at radius 3 is 0.366 bits per heavy atom. The standard InChI is InChI=1S/4C26H16N2O2.CH2Cl2/c4*29-20-13-3-1-9-16(20)25-23-18-11-5-7-15-8-6-12-19(22(15)18)24(23)26(28-27-25)17-10-2-4-14-21(17)30;2-1-3/h4*1-14,29-30H;1H2. The van der Waals surface area contributed by atoms with Gasteiger partial charge in [-0.1, -0.05) is 243 Å². The van der Waals surface area contributed by atoms with Crippen molar-refractivity contribution in [2.24, 2.45) is 0 Å². The number of benzene rings is 16. The van der Waals surface area contributed by atoms with E-state index in [1.807, 2.05) is 146 Å². The average Bonchev–Trinajstić information content (AvgIpc) is 1.58. The van der Waals surface area contributed by atoms with Gasteiger partial charge >= 0.3 is 0 Å². The number of phenolic OH excluding ortho intramolecular Hbond substituents is 8. The average molecular weight is 1640 g/mol. The van der Waals surface area contributed by atoms with Gasteiger partial charge in [-0.05, 0) is 185 Å². The van der Waals surface area contributed by atoms with Gasteiger partial charge in [0.05, 0.1) is 5.34 Å². The van der Waals surface area contributed by atoms with Crippen LogP contribution < -0.4 is 0 Å². The quantitative estimate of drug-likeness (QED) is 0.0657. The van der Waals surface area contributed by atoms with Gasteiger partial charge in [-0.25, -0.2) is 0 Å². The second kappa shape index (κ2) is 31.3. The predicted molar refractivity (Wildman–Crippen MR) is 489 cm³/mol. The summed E-state index contributed by atoms with van der Waals surface area (Å²) in [7, 11) is 0. The van der Waals surface area contributed by atoms with Gasteiger partial charge in [-0.3, -0.25) is 0 Å². The maximum atomic E-state index is 10.5. The maximum absolute atomic E-state index is 10.5. The van der Waals surface area contributed by atoms with Crippen LogP contribution in [-0.4, -0.2) is 87.0 Å². The minimum absolute atomic E-state index is 0.160. The zero-order valence-electron chi connectivity index (χ0n) is 65.0. The number of fused-ring (bicyclic) bond motifs is 12. The summed E-state index contributed by atoms with van der Waals surface area (Å²) in [5.41, 5.74) is 26.0. The largest absolute Gasteiger partial charge is 0.507 e. The van der Waals surface area contributed by atoms with E-state index in [1.54, 1.807) is 97.1 Å². The Morgan fingerprint density at radius 2 is 0.252 bits per heavy atom. The fourth-order valence-corrected chi connectivity index (χ4v) is 17.8. The van der Waals surface area contributed by atoms with E-state index in [-0.39, 0.29) is 51.3 Å². The minimum Gasteiger partial charge on any atom is -0.507 e. The van der Waals surface area contributed by atoms with Crippen LogP contribution in [0.3, 0.4) is 0 Å². The summed E-state index contributed by atoms with van der Waals surface area (Å²) in [4.78, 5) is 0. The molecule has 0 aliphatic heterocycles. The Morgan fingerprint density at radius 1 is 0.146 bits per heavy atom. The first-order valence-corrected chi connectivity index (χ1v) is 40.6. The molecule has 0 radical (unpaired) electrons. The molecular formula is C105H66Cl2N8O8. The number of halogens is 2. The fraction of sp³-hybridized carbons (Fsp3) is 0.00952. The molecule has 0 saturated carbocycles. The Kier molecular flexibility index (Phi) is 19.2. The van der Waals surface area contributed by atoms with E-state index in [1.165, 1.54) is 0 Å². The molecule has 0 amide bonds. The fourth-order valence-electron chi connectivity index (χ4n) is 17.8. The van der Waals surface area contributed by atoms with Crippen molar-refractivity contribution in [3.8, 4) is 225 Å². The number of aromatic nitrogens is 8. The minimum atomic E-state index is 0.160. The SMILES string of the molecule is ClCCl.Oc1ccccc1-c1nnc(-c2ccccc2O)c2c1-c1cccc3cccc-2c13.Oc1ccccc1-c1nnc(-c2ccccc2O)c2c1-c1cccc3cccc-2c13.Oc1ccccc1-c1nnc(-c2ccccc2O)c2c1-c1cccc3cccc-2c13.Oc1ccccc1-c1nnc(-c2ccccc2O)c2c1-c1cccc3cccc-2c13. The van der Waals surface area contributed by atoms with E-state index in [0.29, 0.717) is 90.1 Å². The number of hydrogen-bond acceptors (Lipinski definition) is 16. The second-order valence-electron chi connectivity index (χ2n) is 29.7. The third kappa shape index (κ3) is 12.7. The van der Waals surface area contributed by atoms with Gasteiger partial charge in [0.15, 0.2) is 0 Å². The molecule has 0 unspecified atom stereocenters. The molecule has 4 aliphatic rings. The molecule has 123 heavy (non-hydrogen) atoms. The summed E-state index contributed by atoms with van der Waals surface area (Å²) in [6, 6.07) is 107.